The van der Waals surface area contributed by atoms with E-state index in [0.29, 0.717) is 6.54 Å². The molecule has 0 fully saturated rings. The van der Waals surface area contributed by atoms with Crippen LogP contribution in [0.5, 0.6) is 0 Å². The number of carbonyl (C=O) groups is 2. The molecule has 0 aliphatic carbocycles. The summed E-state index contributed by atoms with van der Waals surface area (Å²) >= 11 is 0. The zero-order valence-corrected chi connectivity index (χ0v) is 12.6. The maximum atomic E-state index is 11.8. The third-order valence-corrected chi connectivity index (χ3v) is 3.30. The first-order valence-electron chi connectivity index (χ1n) is 7.17. The summed E-state index contributed by atoms with van der Waals surface area (Å²) in [6, 6.07) is 5.73. The number of carbonyl (C=O) groups excluding carboxylic acids is 2. The van der Waals surface area contributed by atoms with Crippen molar-refractivity contribution in [3.05, 3.63) is 29.3 Å². The number of amides is 2. The van der Waals surface area contributed by atoms with Crippen molar-refractivity contribution < 1.29 is 9.59 Å². The van der Waals surface area contributed by atoms with Crippen LogP contribution in [0.4, 0.5) is 5.69 Å². The van der Waals surface area contributed by atoms with Gasteiger partial charge in [-0.25, -0.2) is 0 Å². The van der Waals surface area contributed by atoms with Crippen LogP contribution < -0.4 is 10.6 Å². The molecular formula is C16H24N2O2. The standard InChI is InChI=1S/C16H24N2O2/c1-4-5-6-10-17-15(19)11-16(20)18-14-9-7-8-12(2)13(14)3/h7-9H,4-6,10-11H2,1-3H3,(H,17,19)(H,18,20). The van der Waals surface area contributed by atoms with E-state index in [1.54, 1.807) is 0 Å². The molecular weight excluding hydrogens is 252 g/mol. The lowest BCUT2D eigenvalue weighted by molar-refractivity contribution is -0.126. The molecule has 0 radical (unpaired) electrons. The van der Waals surface area contributed by atoms with Gasteiger partial charge in [0.15, 0.2) is 0 Å². The number of hydrogen-bond donors (Lipinski definition) is 2. The molecule has 0 aromatic heterocycles. The van der Waals surface area contributed by atoms with E-state index in [2.05, 4.69) is 17.6 Å². The van der Waals surface area contributed by atoms with Crippen LogP contribution in [0.2, 0.25) is 0 Å². The zero-order valence-electron chi connectivity index (χ0n) is 12.6. The van der Waals surface area contributed by atoms with Gasteiger partial charge in [0.05, 0.1) is 0 Å². The fourth-order valence-corrected chi connectivity index (χ4v) is 1.89. The second kappa shape index (κ2) is 8.35. The van der Waals surface area contributed by atoms with E-state index in [1.165, 1.54) is 0 Å². The van der Waals surface area contributed by atoms with Gasteiger partial charge in [0.25, 0.3) is 0 Å². The van der Waals surface area contributed by atoms with E-state index in [4.69, 9.17) is 0 Å². The molecule has 4 heteroatoms. The first kappa shape index (κ1) is 16.2. The van der Waals surface area contributed by atoms with E-state index in [0.717, 1.165) is 36.1 Å². The van der Waals surface area contributed by atoms with Gasteiger partial charge >= 0.3 is 0 Å². The molecule has 20 heavy (non-hydrogen) atoms. The van der Waals surface area contributed by atoms with Crippen molar-refractivity contribution in [2.24, 2.45) is 0 Å². The Labute approximate surface area is 121 Å². The van der Waals surface area contributed by atoms with Crippen molar-refractivity contribution in [1.82, 2.24) is 5.32 Å². The Morgan fingerprint density at radius 2 is 1.85 bits per heavy atom. The minimum Gasteiger partial charge on any atom is -0.356 e. The van der Waals surface area contributed by atoms with E-state index in [9.17, 15) is 9.59 Å². The normalized spacial score (nSPS) is 10.2. The Morgan fingerprint density at radius 1 is 1.10 bits per heavy atom. The van der Waals surface area contributed by atoms with Gasteiger partial charge in [-0.3, -0.25) is 9.59 Å². The Kier molecular flexibility index (Phi) is 6.77. The van der Waals surface area contributed by atoms with Crippen LogP contribution >= 0.6 is 0 Å². The number of rotatable bonds is 7. The third kappa shape index (κ3) is 5.43. The maximum Gasteiger partial charge on any atom is 0.233 e. The summed E-state index contributed by atoms with van der Waals surface area (Å²) in [6.07, 6.45) is 3.04. The summed E-state index contributed by atoms with van der Waals surface area (Å²) in [5.41, 5.74) is 2.92. The van der Waals surface area contributed by atoms with Gasteiger partial charge in [-0.1, -0.05) is 31.9 Å². The van der Waals surface area contributed by atoms with Crippen LogP contribution in [0.3, 0.4) is 0 Å². The molecule has 1 rings (SSSR count). The van der Waals surface area contributed by atoms with Crippen molar-refractivity contribution in [3.63, 3.8) is 0 Å². The average Bonchev–Trinajstić information content (AvgIpc) is 2.40. The molecule has 0 atom stereocenters. The summed E-state index contributed by atoms with van der Waals surface area (Å²) in [5.74, 6) is -0.490. The zero-order chi connectivity index (χ0) is 15.0. The smallest absolute Gasteiger partial charge is 0.233 e. The lowest BCUT2D eigenvalue weighted by atomic mass is 10.1. The highest BCUT2D eigenvalue weighted by atomic mass is 16.2. The number of aryl methyl sites for hydroxylation is 1. The highest BCUT2D eigenvalue weighted by Gasteiger charge is 2.10. The van der Waals surface area contributed by atoms with Gasteiger partial charge in [0, 0.05) is 12.2 Å². The quantitative estimate of drug-likeness (QED) is 0.594. The van der Waals surface area contributed by atoms with E-state index in [1.807, 2.05) is 32.0 Å². The van der Waals surface area contributed by atoms with Crippen LogP contribution in [-0.2, 0) is 9.59 Å². The molecule has 0 heterocycles. The lowest BCUT2D eigenvalue weighted by Crippen LogP contribution is -2.29. The topological polar surface area (TPSA) is 58.2 Å². The minimum atomic E-state index is -0.272. The predicted octanol–water partition coefficient (Wildman–Crippen LogP) is 2.94. The summed E-state index contributed by atoms with van der Waals surface area (Å²) in [5, 5.41) is 5.54. The molecule has 110 valence electrons. The van der Waals surface area contributed by atoms with Crippen molar-refractivity contribution in [2.75, 3.05) is 11.9 Å². The summed E-state index contributed by atoms with van der Waals surface area (Å²) in [4.78, 5) is 23.4. The Balaban J connectivity index is 2.39. The Hall–Kier alpha value is -1.84. The van der Waals surface area contributed by atoms with Gasteiger partial charge in [-0.05, 0) is 37.5 Å². The fraction of sp³-hybridized carbons (Fsp3) is 0.500. The Morgan fingerprint density at radius 3 is 2.55 bits per heavy atom. The summed E-state index contributed by atoms with van der Waals surface area (Å²) in [6.45, 7) is 6.70. The van der Waals surface area contributed by atoms with Crippen LogP contribution in [0, 0.1) is 13.8 Å². The van der Waals surface area contributed by atoms with E-state index >= 15 is 0 Å². The molecule has 2 N–H and O–H groups in total. The van der Waals surface area contributed by atoms with Gasteiger partial charge in [-0.2, -0.15) is 0 Å². The molecule has 0 aliphatic rings. The van der Waals surface area contributed by atoms with Crippen LogP contribution in [-0.4, -0.2) is 18.4 Å². The van der Waals surface area contributed by atoms with Gasteiger partial charge < -0.3 is 10.6 Å². The van der Waals surface area contributed by atoms with Crippen LogP contribution in [0.1, 0.15) is 43.7 Å². The minimum absolute atomic E-state index is 0.125. The molecule has 2 amide bonds. The molecule has 0 bridgehead atoms. The third-order valence-electron chi connectivity index (χ3n) is 3.30. The fourth-order valence-electron chi connectivity index (χ4n) is 1.89. The molecule has 0 aliphatic heterocycles. The number of benzene rings is 1. The van der Waals surface area contributed by atoms with Crippen LogP contribution in [0.25, 0.3) is 0 Å². The lowest BCUT2D eigenvalue weighted by Gasteiger charge is -2.10. The van der Waals surface area contributed by atoms with Crippen molar-refractivity contribution in [1.29, 1.82) is 0 Å². The molecule has 0 spiro atoms. The molecule has 0 saturated heterocycles. The first-order valence-corrected chi connectivity index (χ1v) is 7.17. The second-order valence-electron chi connectivity index (χ2n) is 5.03. The van der Waals surface area contributed by atoms with E-state index in [-0.39, 0.29) is 18.2 Å². The number of unbranched alkanes of at least 4 members (excludes halogenated alkanes) is 2. The summed E-state index contributed by atoms with van der Waals surface area (Å²) in [7, 11) is 0. The Bertz CT molecular complexity index is 470. The van der Waals surface area contributed by atoms with Gasteiger partial charge in [0.2, 0.25) is 11.8 Å². The number of anilines is 1. The van der Waals surface area contributed by atoms with Crippen molar-refractivity contribution >= 4 is 17.5 Å². The highest BCUT2D eigenvalue weighted by Crippen LogP contribution is 2.17. The molecule has 1 aromatic rings. The largest absolute Gasteiger partial charge is 0.356 e. The predicted molar refractivity (Wildman–Crippen MR) is 81.7 cm³/mol. The highest BCUT2D eigenvalue weighted by molar-refractivity contribution is 6.03. The first-order chi connectivity index (χ1) is 9.54. The second-order valence-corrected chi connectivity index (χ2v) is 5.03. The van der Waals surface area contributed by atoms with E-state index < -0.39 is 0 Å². The SMILES string of the molecule is CCCCCNC(=O)CC(=O)Nc1cccc(C)c1C. The van der Waals surface area contributed by atoms with Crippen molar-refractivity contribution in [3.8, 4) is 0 Å². The maximum absolute atomic E-state index is 11.8. The van der Waals surface area contributed by atoms with Gasteiger partial charge in [-0.15, -0.1) is 0 Å². The number of hydrogen-bond acceptors (Lipinski definition) is 2. The summed E-state index contributed by atoms with van der Waals surface area (Å²) < 4.78 is 0. The molecule has 1 aromatic carbocycles. The average molecular weight is 276 g/mol. The molecule has 4 nitrogen and oxygen atoms in total. The number of nitrogens with one attached hydrogen (secondary N) is 2. The molecule has 0 unspecified atom stereocenters. The van der Waals surface area contributed by atoms with Crippen molar-refractivity contribution in [2.45, 2.75) is 46.5 Å². The molecule has 0 saturated carbocycles. The van der Waals surface area contributed by atoms with Gasteiger partial charge in [0.1, 0.15) is 6.42 Å². The van der Waals surface area contributed by atoms with Crippen LogP contribution in [0.15, 0.2) is 18.2 Å². The monoisotopic (exact) mass is 276 g/mol.